The van der Waals surface area contributed by atoms with Crippen LogP contribution in [0.1, 0.15) is 6.92 Å². The number of nitrogens with zero attached hydrogens (tertiary/aromatic N) is 2. The third-order valence-corrected chi connectivity index (χ3v) is 3.84. The molecule has 3 aromatic rings. The van der Waals surface area contributed by atoms with Gasteiger partial charge in [-0.15, -0.1) is 0 Å². The fourth-order valence-corrected chi connectivity index (χ4v) is 2.57. The molecule has 27 heavy (non-hydrogen) atoms. The lowest BCUT2D eigenvalue weighted by Crippen LogP contribution is -2.31. The Morgan fingerprint density at radius 2 is 1.70 bits per heavy atom. The van der Waals surface area contributed by atoms with E-state index in [2.05, 4.69) is 10.4 Å². The van der Waals surface area contributed by atoms with Gasteiger partial charge in [0.05, 0.1) is 18.8 Å². The predicted molar refractivity (Wildman–Crippen MR) is 104 cm³/mol. The molecule has 0 saturated carbocycles. The Morgan fingerprint density at radius 1 is 1.00 bits per heavy atom. The van der Waals surface area contributed by atoms with Crippen molar-refractivity contribution < 1.29 is 14.3 Å². The molecule has 140 valence electrons. The highest BCUT2D eigenvalue weighted by molar-refractivity contribution is 5.75. The van der Waals surface area contributed by atoms with Gasteiger partial charge in [-0.1, -0.05) is 30.3 Å². The lowest BCUT2D eigenvalue weighted by molar-refractivity contribution is -0.121. The summed E-state index contributed by atoms with van der Waals surface area (Å²) in [6.07, 6.45) is 1.80. The summed E-state index contributed by atoms with van der Waals surface area (Å²) >= 11 is 0. The fourth-order valence-electron chi connectivity index (χ4n) is 2.57. The maximum absolute atomic E-state index is 12.0. The molecule has 1 aromatic heterocycles. The zero-order valence-electron chi connectivity index (χ0n) is 15.3. The Morgan fingerprint density at radius 3 is 2.41 bits per heavy atom. The quantitative estimate of drug-likeness (QED) is 0.592. The largest absolute Gasteiger partial charge is 0.494 e. The number of carbonyl (C=O) groups excluding carboxylic acids is 1. The molecule has 0 spiro atoms. The molecule has 0 saturated heterocycles. The third-order valence-electron chi connectivity index (χ3n) is 3.84. The zero-order chi connectivity index (χ0) is 18.9. The van der Waals surface area contributed by atoms with Gasteiger partial charge in [-0.3, -0.25) is 9.48 Å². The van der Waals surface area contributed by atoms with Gasteiger partial charge in [0.25, 0.3) is 0 Å². The van der Waals surface area contributed by atoms with E-state index in [-0.39, 0.29) is 12.5 Å². The summed E-state index contributed by atoms with van der Waals surface area (Å²) in [5, 5.41) is 7.26. The van der Waals surface area contributed by atoms with Crippen LogP contribution < -0.4 is 14.8 Å². The van der Waals surface area contributed by atoms with E-state index < -0.39 is 0 Å². The first-order valence-corrected chi connectivity index (χ1v) is 8.96. The number of nitrogens with one attached hydrogen (secondary N) is 1. The molecule has 1 amide bonds. The van der Waals surface area contributed by atoms with Gasteiger partial charge in [0.15, 0.2) is 0 Å². The topological polar surface area (TPSA) is 65.4 Å². The van der Waals surface area contributed by atoms with Crippen molar-refractivity contribution >= 4 is 5.91 Å². The molecular weight excluding hydrogens is 342 g/mol. The van der Waals surface area contributed by atoms with Crippen molar-refractivity contribution in [1.82, 2.24) is 15.1 Å². The molecule has 0 radical (unpaired) electrons. The van der Waals surface area contributed by atoms with E-state index in [9.17, 15) is 4.79 Å². The van der Waals surface area contributed by atoms with Crippen LogP contribution in [0.25, 0.3) is 11.3 Å². The highest BCUT2D eigenvalue weighted by Crippen LogP contribution is 2.17. The van der Waals surface area contributed by atoms with Gasteiger partial charge >= 0.3 is 0 Å². The van der Waals surface area contributed by atoms with Crippen LogP contribution >= 0.6 is 0 Å². The minimum atomic E-state index is -0.104. The van der Waals surface area contributed by atoms with Crippen molar-refractivity contribution in [1.29, 1.82) is 0 Å². The molecule has 1 N–H and O–H groups in total. The third kappa shape index (κ3) is 5.60. The van der Waals surface area contributed by atoms with Crippen molar-refractivity contribution in [3.63, 3.8) is 0 Å². The summed E-state index contributed by atoms with van der Waals surface area (Å²) in [5.41, 5.74) is 1.88. The van der Waals surface area contributed by atoms with Crippen molar-refractivity contribution in [2.24, 2.45) is 0 Å². The van der Waals surface area contributed by atoms with Crippen LogP contribution in [0.3, 0.4) is 0 Å². The predicted octanol–water partition coefficient (Wildman–Crippen LogP) is 3.14. The maximum Gasteiger partial charge on any atom is 0.241 e. The molecule has 2 aromatic carbocycles. The van der Waals surface area contributed by atoms with Gasteiger partial charge in [0.2, 0.25) is 5.91 Å². The number of hydrogen-bond donors (Lipinski definition) is 1. The number of rotatable bonds is 9. The van der Waals surface area contributed by atoms with Crippen LogP contribution in [-0.2, 0) is 11.3 Å². The first-order valence-electron chi connectivity index (χ1n) is 8.96. The van der Waals surface area contributed by atoms with Crippen LogP contribution in [0, 0.1) is 0 Å². The zero-order valence-corrected chi connectivity index (χ0v) is 15.3. The van der Waals surface area contributed by atoms with Gasteiger partial charge in [0, 0.05) is 11.8 Å². The molecular formula is C21H23N3O3. The standard InChI is InChI=1S/C21H23N3O3/c1-2-26-18-8-10-19(11-9-18)27-15-13-22-21(25)16-24-14-12-20(23-24)17-6-4-3-5-7-17/h3-12,14H,2,13,15-16H2,1H3,(H,22,25). The molecule has 3 rings (SSSR count). The SMILES string of the molecule is CCOc1ccc(OCCNC(=O)Cn2ccc(-c3ccccc3)n2)cc1. The molecule has 1 heterocycles. The first kappa shape index (κ1) is 18.5. The number of hydrogen-bond acceptors (Lipinski definition) is 4. The molecule has 0 bridgehead atoms. The second kappa shape index (κ2) is 9.43. The highest BCUT2D eigenvalue weighted by atomic mass is 16.5. The molecule has 0 aliphatic heterocycles. The summed E-state index contributed by atoms with van der Waals surface area (Å²) in [7, 11) is 0. The molecule has 0 fully saturated rings. The van der Waals surface area contributed by atoms with Crippen LogP contribution in [0.4, 0.5) is 0 Å². The Labute approximate surface area is 158 Å². The summed E-state index contributed by atoms with van der Waals surface area (Å²) in [6.45, 7) is 3.58. The molecule has 6 nitrogen and oxygen atoms in total. The first-order chi connectivity index (χ1) is 13.2. The Balaban J connectivity index is 1.39. The van der Waals surface area contributed by atoms with E-state index in [0.717, 1.165) is 22.8 Å². The lowest BCUT2D eigenvalue weighted by atomic mass is 10.2. The monoisotopic (exact) mass is 365 g/mol. The number of amides is 1. The Kier molecular flexibility index (Phi) is 6.46. The van der Waals surface area contributed by atoms with Gasteiger partial charge in [-0.25, -0.2) is 0 Å². The summed E-state index contributed by atoms with van der Waals surface area (Å²) in [4.78, 5) is 12.0. The summed E-state index contributed by atoms with van der Waals surface area (Å²) < 4.78 is 12.6. The van der Waals surface area contributed by atoms with Crippen molar-refractivity contribution in [3.05, 3.63) is 66.9 Å². The number of ether oxygens (including phenoxy) is 2. The normalized spacial score (nSPS) is 10.4. The molecule has 0 aliphatic rings. The van der Waals surface area contributed by atoms with Gasteiger partial charge in [-0.05, 0) is 37.3 Å². The lowest BCUT2D eigenvalue weighted by Gasteiger charge is -2.09. The highest BCUT2D eigenvalue weighted by Gasteiger charge is 2.06. The van der Waals surface area contributed by atoms with E-state index >= 15 is 0 Å². The number of carbonyl (C=O) groups is 1. The average Bonchev–Trinajstić information content (AvgIpc) is 3.16. The van der Waals surface area contributed by atoms with E-state index in [1.807, 2.05) is 67.6 Å². The van der Waals surface area contributed by atoms with Gasteiger partial charge < -0.3 is 14.8 Å². The smallest absolute Gasteiger partial charge is 0.241 e. The molecule has 0 unspecified atom stereocenters. The second-order valence-electron chi connectivity index (χ2n) is 5.87. The van der Waals surface area contributed by atoms with Crippen molar-refractivity contribution in [2.75, 3.05) is 19.8 Å². The average molecular weight is 365 g/mol. The van der Waals surface area contributed by atoms with Crippen LogP contribution in [0.15, 0.2) is 66.9 Å². The van der Waals surface area contributed by atoms with Crippen LogP contribution in [0.2, 0.25) is 0 Å². The molecule has 0 atom stereocenters. The van der Waals surface area contributed by atoms with Gasteiger partial charge in [-0.2, -0.15) is 5.10 Å². The van der Waals surface area contributed by atoms with Crippen molar-refractivity contribution in [3.8, 4) is 22.8 Å². The summed E-state index contributed by atoms with van der Waals surface area (Å²) in [5.74, 6) is 1.45. The van der Waals surface area contributed by atoms with E-state index in [1.165, 1.54) is 0 Å². The Bertz CT molecular complexity index is 845. The second-order valence-corrected chi connectivity index (χ2v) is 5.87. The minimum Gasteiger partial charge on any atom is -0.494 e. The van der Waals surface area contributed by atoms with E-state index in [4.69, 9.17) is 9.47 Å². The number of benzene rings is 2. The number of aromatic nitrogens is 2. The van der Waals surface area contributed by atoms with Crippen molar-refractivity contribution in [2.45, 2.75) is 13.5 Å². The van der Waals surface area contributed by atoms with Crippen LogP contribution in [-0.4, -0.2) is 35.4 Å². The Hall–Kier alpha value is -3.28. The minimum absolute atomic E-state index is 0.104. The van der Waals surface area contributed by atoms with E-state index in [1.54, 1.807) is 10.9 Å². The molecule has 6 heteroatoms. The maximum atomic E-state index is 12.0. The van der Waals surface area contributed by atoms with E-state index in [0.29, 0.717) is 19.8 Å². The fraction of sp³-hybridized carbons (Fsp3) is 0.238. The summed E-state index contributed by atoms with van der Waals surface area (Å²) in [6, 6.07) is 19.2. The molecule has 0 aliphatic carbocycles. The van der Waals surface area contributed by atoms with Gasteiger partial charge in [0.1, 0.15) is 24.7 Å². The van der Waals surface area contributed by atoms with Crippen LogP contribution in [0.5, 0.6) is 11.5 Å².